The van der Waals surface area contributed by atoms with Gasteiger partial charge in [0.1, 0.15) is 4.21 Å². The Labute approximate surface area is 169 Å². The lowest BCUT2D eigenvalue weighted by Gasteiger charge is -2.33. The van der Waals surface area contributed by atoms with Gasteiger partial charge in [0.15, 0.2) is 0 Å². The molecular weight excluding hydrogens is 400 g/mol. The maximum absolute atomic E-state index is 12.9. The highest BCUT2D eigenvalue weighted by Crippen LogP contribution is 2.27. The smallest absolute Gasteiger partial charge is 0.252 e. The van der Waals surface area contributed by atoms with Crippen LogP contribution in [0.5, 0.6) is 0 Å². The van der Waals surface area contributed by atoms with Crippen LogP contribution < -0.4 is 0 Å². The summed E-state index contributed by atoms with van der Waals surface area (Å²) in [6.07, 6.45) is 3.46. The number of piperidine rings is 1. The minimum Gasteiger partial charge on any atom is -0.341 e. The Morgan fingerprint density at radius 3 is 2.67 bits per heavy atom. The Balaban J connectivity index is 1.65. The van der Waals surface area contributed by atoms with Crippen LogP contribution in [0.25, 0.3) is 0 Å². The van der Waals surface area contributed by atoms with Gasteiger partial charge in [0.25, 0.3) is 10.0 Å². The second-order valence-electron chi connectivity index (χ2n) is 6.68. The topological polar surface area (TPSA) is 57.7 Å². The molecular formula is C19H24N2O3S3. The normalized spacial score (nSPS) is 18.4. The predicted molar refractivity (Wildman–Crippen MR) is 110 cm³/mol. The average Bonchev–Trinajstić information content (AvgIpc) is 3.24. The number of hydrogen-bond acceptors (Lipinski definition) is 5. The van der Waals surface area contributed by atoms with E-state index in [0.717, 1.165) is 12.0 Å². The Bertz CT molecular complexity index is 864. The second kappa shape index (κ2) is 8.77. The molecule has 146 valence electrons. The van der Waals surface area contributed by atoms with E-state index >= 15 is 0 Å². The Morgan fingerprint density at radius 2 is 2.04 bits per heavy atom. The molecule has 8 heteroatoms. The highest BCUT2D eigenvalue weighted by molar-refractivity contribution is 7.98. The fraction of sp³-hybridized carbons (Fsp3) is 0.421. The zero-order valence-electron chi connectivity index (χ0n) is 15.5. The number of thioether (sulfide) groups is 1. The molecule has 1 fully saturated rings. The van der Waals surface area contributed by atoms with Crippen LogP contribution in [0.2, 0.25) is 0 Å². The molecule has 3 rings (SSSR count). The number of amides is 1. The van der Waals surface area contributed by atoms with Crippen molar-refractivity contribution in [3.8, 4) is 0 Å². The maximum atomic E-state index is 12.9. The van der Waals surface area contributed by atoms with Gasteiger partial charge in [0.2, 0.25) is 5.91 Å². The van der Waals surface area contributed by atoms with E-state index in [0.29, 0.717) is 23.7 Å². The summed E-state index contributed by atoms with van der Waals surface area (Å²) in [4.78, 5) is 15.8. The van der Waals surface area contributed by atoms with Gasteiger partial charge in [0, 0.05) is 31.6 Å². The molecule has 5 nitrogen and oxygen atoms in total. The number of hydrogen-bond donors (Lipinski definition) is 0. The Morgan fingerprint density at radius 1 is 1.30 bits per heavy atom. The lowest BCUT2D eigenvalue weighted by Crippen LogP contribution is -2.45. The zero-order valence-corrected chi connectivity index (χ0v) is 17.9. The van der Waals surface area contributed by atoms with Crippen LogP contribution in [0.4, 0.5) is 0 Å². The average molecular weight is 425 g/mol. The molecule has 1 unspecified atom stereocenters. The summed E-state index contributed by atoms with van der Waals surface area (Å²) >= 11 is 2.90. The van der Waals surface area contributed by atoms with Crippen molar-refractivity contribution in [2.24, 2.45) is 5.92 Å². The van der Waals surface area contributed by atoms with Crippen LogP contribution in [-0.2, 0) is 21.4 Å². The maximum Gasteiger partial charge on any atom is 0.252 e. The summed E-state index contributed by atoms with van der Waals surface area (Å²) in [6, 6.07) is 11.5. The van der Waals surface area contributed by atoms with Crippen molar-refractivity contribution in [1.82, 2.24) is 9.21 Å². The summed E-state index contributed by atoms with van der Waals surface area (Å²) in [5.41, 5.74) is 1.07. The number of thiophene rings is 1. The molecule has 0 spiro atoms. The van der Waals surface area contributed by atoms with Gasteiger partial charge in [-0.2, -0.15) is 4.31 Å². The van der Waals surface area contributed by atoms with Crippen LogP contribution in [0.1, 0.15) is 18.4 Å². The first kappa shape index (κ1) is 20.4. The monoisotopic (exact) mass is 424 g/mol. The lowest BCUT2D eigenvalue weighted by atomic mass is 9.98. The van der Waals surface area contributed by atoms with E-state index in [4.69, 9.17) is 0 Å². The highest BCUT2D eigenvalue weighted by Gasteiger charge is 2.34. The first-order chi connectivity index (χ1) is 12.9. The summed E-state index contributed by atoms with van der Waals surface area (Å²) in [6.45, 7) is 1.26. The van der Waals surface area contributed by atoms with E-state index in [1.165, 1.54) is 20.5 Å². The molecule has 0 saturated carbocycles. The van der Waals surface area contributed by atoms with E-state index in [-0.39, 0.29) is 18.4 Å². The van der Waals surface area contributed by atoms with Gasteiger partial charge < -0.3 is 4.90 Å². The molecule has 0 bridgehead atoms. The Kier molecular flexibility index (Phi) is 6.62. The molecule has 0 aliphatic carbocycles. The minimum absolute atomic E-state index is 0.00928. The fourth-order valence-electron chi connectivity index (χ4n) is 3.29. The molecule has 27 heavy (non-hydrogen) atoms. The van der Waals surface area contributed by atoms with E-state index in [1.54, 1.807) is 41.2 Å². The van der Waals surface area contributed by atoms with Gasteiger partial charge in [-0.3, -0.25) is 4.79 Å². The van der Waals surface area contributed by atoms with Gasteiger partial charge >= 0.3 is 0 Å². The van der Waals surface area contributed by atoms with E-state index < -0.39 is 10.0 Å². The van der Waals surface area contributed by atoms with Gasteiger partial charge in [-0.05, 0) is 48.2 Å². The summed E-state index contributed by atoms with van der Waals surface area (Å²) in [5.74, 6) is -0.279. The third kappa shape index (κ3) is 4.74. The molecule has 2 heterocycles. The molecule has 1 amide bonds. The highest BCUT2D eigenvalue weighted by atomic mass is 32.2. The van der Waals surface area contributed by atoms with E-state index in [9.17, 15) is 13.2 Å². The van der Waals surface area contributed by atoms with Crippen molar-refractivity contribution < 1.29 is 13.2 Å². The standard InChI is InChI=1S/C19H24N2O3S3/c1-20(13-15-7-9-17(25-2)10-8-15)19(22)16-5-3-11-21(14-16)27(23,24)18-6-4-12-26-18/h4,6-10,12,16H,3,5,11,13-14H2,1-2H3. The number of rotatable bonds is 6. The number of carbonyl (C=O) groups excluding carboxylic acids is 1. The van der Waals surface area contributed by atoms with Crippen molar-refractivity contribution in [3.63, 3.8) is 0 Å². The summed E-state index contributed by atoms with van der Waals surface area (Å²) < 4.78 is 27.3. The molecule has 2 aromatic rings. The lowest BCUT2D eigenvalue weighted by molar-refractivity contribution is -0.135. The third-order valence-electron chi connectivity index (χ3n) is 4.78. The SMILES string of the molecule is CSc1ccc(CN(C)C(=O)C2CCCN(S(=O)(=O)c3cccs3)C2)cc1. The van der Waals surface area contributed by atoms with Gasteiger partial charge in [-0.25, -0.2) is 8.42 Å². The van der Waals surface area contributed by atoms with Crippen molar-refractivity contribution >= 4 is 39.0 Å². The van der Waals surface area contributed by atoms with Crippen molar-refractivity contribution in [2.45, 2.75) is 28.5 Å². The quantitative estimate of drug-likeness (QED) is 0.666. The van der Waals surface area contributed by atoms with Crippen molar-refractivity contribution in [3.05, 3.63) is 47.3 Å². The van der Waals surface area contributed by atoms with Gasteiger partial charge in [-0.1, -0.05) is 18.2 Å². The summed E-state index contributed by atoms with van der Waals surface area (Å²) in [5, 5.41) is 1.76. The van der Waals surface area contributed by atoms with Crippen LogP contribution in [-0.4, -0.2) is 49.9 Å². The molecule has 1 aromatic heterocycles. The zero-order chi connectivity index (χ0) is 19.4. The molecule has 1 aromatic carbocycles. The summed E-state index contributed by atoms with van der Waals surface area (Å²) in [7, 11) is -1.71. The number of sulfonamides is 1. The molecule has 1 aliphatic heterocycles. The molecule has 0 N–H and O–H groups in total. The van der Waals surface area contributed by atoms with Crippen LogP contribution in [0.3, 0.4) is 0 Å². The molecule has 1 atom stereocenters. The van der Waals surface area contributed by atoms with Gasteiger partial charge in [0.05, 0.1) is 5.92 Å². The number of carbonyl (C=O) groups is 1. The Hall–Kier alpha value is -1.35. The van der Waals surface area contributed by atoms with Crippen LogP contribution in [0.15, 0.2) is 50.9 Å². The van der Waals surface area contributed by atoms with E-state index in [2.05, 4.69) is 0 Å². The molecule has 1 saturated heterocycles. The van der Waals surface area contributed by atoms with Crippen molar-refractivity contribution in [1.29, 1.82) is 0 Å². The molecule has 0 radical (unpaired) electrons. The minimum atomic E-state index is -3.50. The second-order valence-corrected chi connectivity index (χ2v) is 10.7. The van der Waals surface area contributed by atoms with Crippen LogP contribution in [0, 0.1) is 5.92 Å². The third-order valence-corrected chi connectivity index (χ3v) is 8.76. The first-order valence-corrected chi connectivity index (χ1v) is 12.4. The van der Waals surface area contributed by atoms with Gasteiger partial charge in [-0.15, -0.1) is 23.1 Å². The van der Waals surface area contributed by atoms with E-state index in [1.807, 2.05) is 30.5 Å². The predicted octanol–water partition coefficient (Wildman–Crippen LogP) is 3.53. The molecule has 1 aliphatic rings. The first-order valence-electron chi connectivity index (χ1n) is 8.83. The fourth-order valence-corrected chi connectivity index (χ4v) is 6.37. The number of nitrogens with zero attached hydrogens (tertiary/aromatic N) is 2. The van der Waals surface area contributed by atoms with Crippen molar-refractivity contribution in [2.75, 3.05) is 26.4 Å². The number of benzene rings is 1. The van der Waals surface area contributed by atoms with Crippen LogP contribution >= 0.6 is 23.1 Å². The largest absolute Gasteiger partial charge is 0.341 e.